The molecule has 5 rings (SSSR count). The summed E-state index contributed by atoms with van der Waals surface area (Å²) in [4.78, 5) is 17.3. The van der Waals surface area contributed by atoms with Gasteiger partial charge >= 0.3 is 0 Å². The number of piperazine rings is 1. The average molecular weight is 488 g/mol. The van der Waals surface area contributed by atoms with E-state index >= 15 is 0 Å². The predicted molar refractivity (Wildman–Crippen MR) is 137 cm³/mol. The summed E-state index contributed by atoms with van der Waals surface area (Å²) < 4.78 is 15.4. The van der Waals surface area contributed by atoms with Gasteiger partial charge in [-0.05, 0) is 48.9 Å². The minimum absolute atomic E-state index is 0.0776. The first-order chi connectivity index (χ1) is 17.1. The van der Waals surface area contributed by atoms with Crippen molar-refractivity contribution in [3.8, 4) is 17.1 Å². The summed E-state index contributed by atoms with van der Waals surface area (Å²) in [7, 11) is 0. The van der Waals surface area contributed by atoms with E-state index in [0.717, 1.165) is 24.3 Å². The summed E-state index contributed by atoms with van der Waals surface area (Å²) in [5, 5.41) is 9.36. The maximum absolute atomic E-state index is 13.6. The molecule has 0 radical (unpaired) electrons. The number of thioether (sulfide) groups is 1. The van der Waals surface area contributed by atoms with Crippen LogP contribution in [-0.2, 0) is 4.79 Å². The highest BCUT2D eigenvalue weighted by molar-refractivity contribution is 7.99. The van der Waals surface area contributed by atoms with Gasteiger partial charge in [-0.2, -0.15) is 0 Å². The maximum atomic E-state index is 13.6. The molecule has 1 saturated heterocycles. The Balaban J connectivity index is 1.29. The number of benzene rings is 3. The van der Waals surface area contributed by atoms with E-state index in [4.69, 9.17) is 0 Å². The third-order valence-corrected chi connectivity index (χ3v) is 6.99. The van der Waals surface area contributed by atoms with Gasteiger partial charge in [-0.15, -0.1) is 10.2 Å². The number of nitrogens with zero attached hydrogens (tertiary/aromatic N) is 5. The van der Waals surface area contributed by atoms with Crippen molar-refractivity contribution in [2.24, 2.45) is 0 Å². The van der Waals surface area contributed by atoms with Crippen LogP contribution in [0.25, 0.3) is 17.1 Å². The largest absolute Gasteiger partial charge is 0.368 e. The Morgan fingerprint density at radius 2 is 1.63 bits per heavy atom. The Bertz CT molecular complexity index is 1300. The Morgan fingerprint density at radius 1 is 0.886 bits per heavy atom. The van der Waals surface area contributed by atoms with Gasteiger partial charge in [-0.25, -0.2) is 4.39 Å². The Labute approximate surface area is 208 Å². The first-order valence-corrected chi connectivity index (χ1v) is 12.6. The molecule has 0 unspecified atom stereocenters. The molecule has 0 atom stereocenters. The molecule has 0 aliphatic carbocycles. The highest BCUT2D eigenvalue weighted by atomic mass is 32.2. The number of carbonyl (C=O) groups is 1. The van der Waals surface area contributed by atoms with Crippen LogP contribution in [0.3, 0.4) is 0 Å². The smallest absolute Gasteiger partial charge is 0.233 e. The number of amides is 1. The van der Waals surface area contributed by atoms with Crippen molar-refractivity contribution in [3.05, 3.63) is 90.2 Å². The topological polar surface area (TPSA) is 54.3 Å². The van der Waals surface area contributed by atoms with Crippen LogP contribution in [0, 0.1) is 12.7 Å². The van der Waals surface area contributed by atoms with Crippen molar-refractivity contribution in [3.63, 3.8) is 0 Å². The molecular formula is C27H26FN5OS. The van der Waals surface area contributed by atoms with Crippen molar-refractivity contribution in [1.82, 2.24) is 19.7 Å². The van der Waals surface area contributed by atoms with Crippen molar-refractivity contribution in [2.45, 2.75) is 12.1 Å². The van der Waals surface area contributed by atoms with Crippen molar-refractivity contribution >= 4 is 23.4 Å². The lowest BCUT2D eigenvalue weighted by Gasteiger charge is -2.36. The monoisotopic (exact) mass is 487 g/mol. The SMILES string of the molecule is Cc1cccc(N2CCN(C(=O)CSc3nnc(-c4ccccc4)n3-c3ccc(F)cc3)CC2)c1. The third-order valence-electron chi connectivity index (χ3n) is 6.07. The second-order valence-electron chi connectivity index (χ2n) is 8.48. The van der Waals surface area contributed by atoms with Gasteiger partial charge in [0, 0.05) is 43.1 Å². The molecule has 1 aliphatic heterocycles. The number of hydrogen-bond donors (Lipinski definition) is 0. The van der Waals surface area contributed by atoms with Gasteiger partial charge < -0.3 is 9.80 Å². The first kappa shape index (κ1) is 23.1. The first-order valence-electron chi connectivity index (χ1n) is 11.6. The lowest BCUT2D eigenvalue weighted by Crippen LogP contribution is -2.49. The zero-order chi connectivity index (χ0) is 24.2. The van der Waals surface area contributed by atoms with E-state index in [2.05, 4.69) is 46.3 Å². The molecule has 4 aromatic rings. The van der Waals surface area contributed by atoms with Crippen molar-refractivity contribution in [2.75, 3.05) is 36.8 Å². The van der Waals surface area contributed by atoms with Crippen molar-refractivity contribution in [1.29, 1.82) is 0 Å². The molecule has 3 aromatic carbocycles. The van der Waals surface area contributed by atoms with Gasteiger partial charge in [0.2, 0.25) is 5.91 Å². The summed E-state index contributed by atoms with van der Waals surface area (Å²) in [6.07, 6.45) is 0. The van der Waals surface area contributed by atoms with E-state index in [9.17, 15) is 9.18 Å². The Kier molecular flexibility index (Phi) is 6.81. The molecule has 0 bridgehead atoms. The lowest BCUT2D eigenvalue weighted by molar-refractivity contribution is -0.128. The molecule has 1 amide bonds. The number of anilines is 1. The molecule has 35 heavy (non-hydrogen) atoms. The zero-order valence-corrected chi connectivity index (χ0v) is 20.3. The minimum Gasteiger partial charge on any atom is -0.368 e. The quantitative estimate of drug-likeness (QED) is 0.365. The molecule has 8 heteroatoms. The van der Waals surface area contributed by atoms with Crippen molar-refractivity contribution < 1.29 is 9.18 Å². The maximum Gasteiger partial charge on any atom is 0.233 e. The number of rotatable bonds is 6. The van der Waals surface area contributed by atoms with Crippen LogP contribution in [0.5, 0.6) is 0 Å². The molecule has 2 heterocycles. The van der Waals surface area contributed by atoms with Crippen LogP contribution >= 0.6 is 11.8 Å². The second-order valence-corrected chi connectivity index (χ2v) is 9.42. The summed E-state index contributed by atoms with van der Waals surface area (Å²) in [5.41, 5.74) is 4.08. The molecule has 1 aliphatic rings. The fourth-order valence-corrected chi connectivity index (χ4v) is 5.07. The van der Waals surface area contributed by atoms with E-state index in [-0.39, 0.29) is 17.5 Å². The van der Waals surface area contributed by atoms with Gasteiger partial charge in [0.1, 0.15) is 5.82 Å². The van der Waals surface area contributed by atoms with Gasteiger partial charge in [0.15, 0.2) is 11.0 Å². The molecular weight excluding hydrogens is 461 g/mol. The second kappa shape index (κ2) is 10.3. The van der Waals surface area contributed by atoms with Crippen LogP contribution in [0.1, 0.15) is 5.56 Å². The Morgan fingerprint density at radius 3 is 2.34 bits per heavy atom. The van der Waals surface area contributed by atoms with E-state index in [1.54, 1.807) is 12.1 Å². The molecule has 0 saturated carbocycles. The summed E-state index contributed by atoms with van der Waals surface area (Å²) in [6.45, 7) is 5.09. The highest BCUT2D eigenvalue weighted by Gasteiger charge is 2.23. The highest BCUT2D eigenvalue weighted by Crippen LogP contribution is 2.28. The fraction of sp³-hybridized carbons (Fsp3) is 0.222. The average Bonchev–Trinajstić information content (AvgIpc) is 3.32. The fourth-order valence-electron chi connectivity index (χ4n) is 4.22. The third kappa shape index (κ3) is 5.22. The normalized spacial score (nSPS) is 13.8. The molecule has 6 nitrogen and oxygen atoms in total. The molecule has 1 fully saturated rings. The number of carbonyl (C=O) groups excluding carboxylic acids is 1. The number of aryl methyl sites for hydroxylation is 1. The van der Waals surface area contributed by atoms with E-state index in [1.807, 2.05) is 39.8 Å². The van der Waals surface area contributed by atoms with Crippen LogP contribution in [0.4, 0.5) is 10.1 Å². The van der Waals surface area contributed by atoms with Crippen LogP contribution in [0.2, 0.25) is 0 Å². The number of aromatic nitrogens is 3. The van der Waals surface area contributed by atoms with Gasteiger partial charge in [-0.3, -0.25) is 9.36 Å². The van der Waals surface area contributed by atoms with Gasteiger partial charge in [0.25, 0.3) is 0 Å². The van der Waals surface area contributed by atoms with Gasteiger partial charge in [0.05, 0.1) is 5.75 Å². The molecule has 0 spiro atoms. The number of hydrogen-bond acceptors (Lipinski definition) is 5. The Hall–Kier alpha value is -3.65. The summed E-state index contributed by atoms with van der Waals surface area (Å²) >= 11 is 1.35. The lowest BCUT2D eigenvalue weighted by atomic mass is 10.2. The van der Waals surface area contributed by atoms with E-state index in [1.165, 1.54) is 35.1 Å². The van der Waals surface area contributed by atoms with Crippen LogP contribution in [0.15, 0.2) is 84.0 Å². The van der Waals surface area contributed by atoms with Crippen LogP contribution in [-0.4, -0.2) is 57.5 Å². The summed E-state index contributed by atoms with van der Waals surface area (Å²) in [5.74, 6) is 0.684. The van der Waals surface area contributed by atoms with Gasteiger partial charge in [-0.1, -0.05) is 54.2 Å². The summed E-state index contributed by atoms with van der Waals surface area (Å²) in [6, 6.07) is 24.4. The van der Waals surface area contributed by atoms with Crippen LogP contribution < -0.4 is 4.90 Å². The molecule has 0 N–H and O–H groups in total. The number of halogens is 1. The zero-order valence-electron chi connectivity index (χ0n) is 19.5. The predicted octanol–water partition coefficient (Wildman–Crippen LogP) is 4.82. The molecule has 1 aromatic heterocycles. The van der Waals surface area contributed by atoms with E-state index in [0.29, 0.717) is 24.1 Å². The minimum atomic E-state index is -0.308. The molecule has 178 valence electrons. The van der Waals surface area contributed by atoms with E-state index < -0.39 is 0 Å². The standard InChI is InChI=1S/C27H26FN5OS/c1-20-6-5-9-24(18-20)31-14-16-32(17-15-31)25(34)19-35-27-30-29-26(21-7-3-2-4-8-21)33(27)23-12-10-22(28)11-13-23/h2-13,18H,14-17,19H2,1H3.